The van der Waals surface area contributed by atoms with E-state index in [2.05, 4.69) is 12.2 Å². The number of halogens is 1. The highest BCUT2D eigenvalue weighted by Gasteiger charge is 2.21. The predicted octanol–water partition coefficient (Wildman–Crippen LogP) is 3.71. The van der Waals surface area contributed by atoms with Crippen LogP contribution in [0.3, 0.4) is 0 Å². The minimum atomic E-state index is 0. The van der Waals surface area contributed by atoms with Crippen molar-refractivity contribution in [3.05, 3.63) is 29.8 Å². The van der Waals surface area contributed by atoms with Gasteiger partial charge in [0.05, 0.1) is 0 Å². The van der Waals surface area contributed by atoms with Crippen LogP contribution in [0, 0.1) is 5.92 Å². The van der Waals surface area contributed by atoms with E-state index in [9.17, 15) is 4.79 Å². The number of aryl methyl sites for hydroxylation is 1. The van der Waals surface area contributed by atoms with E-state index in [-0.39, 0.29) is 18.3 Å². The minimum absolute atomic E-state index is 0. The molecule has 0 spiro atoms. The van der Waals surface area contributed by atoms with Crippen LogP contribution < -0.4 is 11.1 Å². The zero-order valence-corrected chi connectivity index (χ0v) is 13.6. The van der Waals surface area contributed by atoms with Crippen LogP contribution >= 0.6 is 12.4 Å². The summed E-state index contributed by atoms with van der Waals surface area (Å²) in [5.41, 5.74) is 7.74. The van der Waals surface area contributed by atoms with E-state index in [0.29, 0.717) is 12.5 Å². The fraction of sp³-hybridized carbons (Fsp3) is 0.588. The first-order valence-corrected chi connectivity index (χ1v) is 7.81. The molecule has 1 amide bonds. The molecule has 0 saturated heterocycles. The monoisotopic (exact) mass is 310 g/mol. The Balaban J connectivity index is 0.00000220. The lowest BCUT2D eigenvalue weighted by atomic mass is 9.84. The molecule has 3 N–H and O–H groups in total. The van der Waals surface area contributed by atoms with Crippen LogP contribution in [0.5, 0.6) is 0 Å². The third-order valence-electron chi connectivity index (χ3n) is 4.47. The smallest absolute Gasteiger partial charge is 0.220 e. The number of amides is 1. The number of nitrogen functional groups attached to an aromatic ring is 1. The number of rotatable bonds is 5. The molecule has 0 aliphatic heterocycles. The largest absolute Gasteiger partial charge is 0.399 e. The number of nitrogens with two attached hydrogens (primary N) is 1. The number of hydrogen-bond acceptors (Lipinski definition) is 2. The summed E-state index contributed by atoms with van der Waals surface area (Å²) in [7, 11) is 0. The van der Waals surface area contributed by atoms with Gasteiger partial charge in [-0.1, -0.05) is 31.5 Å². The van der Waals surface area contributed by atoms with Crippen molar-refractivity contribution in [2.24, 2.45) is 5.92 Å². The topological polar surface area (TPSA) is 55.1 Å². The summed E-state index contributed by atoms with van der Waals surface area (Å²) in [6, 6.07) is 8.16. The highest BCUT2D eigenvalue weighted by molar-refractivity contribution is 5.85. The average Bonchev–Trinajstić information content (AvgIpc) is 2.47. The average molecular weight is 311 g/mol. The summed E-state index contributed by atoms with van der Waals surface area (Å²) in [4.78, 5) is 12.0. The maximum atomic E-state index is 12.0. The highest BCUT2D eigenvalue weighted by Crippen LogP contribution is 2.26. The van der Waals surface area contributed by atoms with Crippen LogP contribution in [0.1, 0.15) is 51.0 Å². The molecule has 1 saturated carbocycles. The van der Waals surface area contributed by atoms with E-state index in [1.165, 1.54) is 19.3 Å². The minimum Gasteiger partial charge on any atom is -0.399 e. The summed E-state index contributed by atoms with van der Waals surface area (Å²) in [5, 5.41) is 3.17. The Morgan fingerprint density at radius 3 is 2.52 bits per heavy atom. The fourth-order valence-corrected chi connectivity index (χ4v) is 3.02. The van der Waals surface area contributed by atoms with Crippen molar-refractivity contribution in [3.8, 4) is 0 Å². The molecule has 0 aromatic heterocycles. The lowest BCUT2D eigenvalue weighted by Gasteiger charge is -2.28. The van der Waals surface area contributed by atoms with Gasteiger partial charge in [-0.2, -0.15) is 0 Å². The standard InChI is InChI=1S/C17H26N2O.ClH/c1-2-13-7-10-15(11-8-13)19-17(20)12-9-14-5-3-4-6-16(14)18;/h3-6,13,15H,2,7-12,18H2,1H3,(H,19,20);1H. The Bertz CT molecular complexity index is 442. The maximum absolute atomic E-state index is 12.0. The summed E-state index contributed by atoms with van der Waals surface area (Å²) in [5.74, 6) is 1.03. The van der Waals surface area contributed by atoms with E-state index in [1.54, 1.807) is 0 Å². The van der Waals surface area contributed by atoms with Crippen LogP contribution in [0.4, 0.5) is 5.69 Å². The second-order valence-corrected chi connectivity index (χ2v) is 5.89. The van der Waals surface area contributed by atoms with E-state index < -0.39 is 0 Å². The molecule has 118 valence electrons. The van der Waals surface area contributed by atoms with E-state index in [1.807, 2.05) is 24.3 Å². The van der Waals surface area contributed by atoms with Gasteiger partial charge < -0.3 is 11.1 Å². The van der Waals surface area contributed by atoms with Crippen molar-refractivity contribution in [3.63, 3.8) is 0 Å². The Kier molecular flexibility index (Phi) is 7.58. The van der Waals surface area contributed by atoms with Crippen molar-refractivity contribution < 1.29 is 4.79 Å². The zero-order chi connectivity index (χ0) is 14.4. The van der Waals surface area contributed by atoms with Crippen molar-refractivity contribution in [1.82, 2.24) is 5.32 Å². The Morgan fingerprint density at radius 2 is 1.90 bits per heavy atom. The summed E-state index contributed by atoms with van der Waals surface area (Å²) < 4.78 is 0. The lowest BCUT2D eigenvalue weighted by Crippen LogP contribution is -2.37. The zero-order valence-electron chi connectivity index (χ0n) is 12.8. The molecular formula is C17H27ClN2O. The SMILES string of the molecule is CCC1CCC(NC(=O)CCc2ccccc2N)CC1.Cl. The van der Waals surface area contributed by atoms with Gasteiger partial charge in [0.15, 0.2) is 0 Å². The first-order chi connectivity index (χ1) is 9.69. The second kappa shape index (κ2) is 8.93. The molecule has 21 heavy (non-hydrogen) atoms. The van der Waals surface area contributed by atoms with Crippen LogP contribution in [0.15, 0.2) is 24.3 Å². The summed E-state index contributed by atoms with van der Waals surface area (Å²) in [6.07, 6.45) is 7.31. The number of benzene rings is 1. The number of para-hydroxylation sites is 1. The van der Waals surface area contributed by atoms with Crippen molar-refractivity contribution in [1.29, 1.82) is 0 Å². The number of carbonyl (C=O) groups excluding carboxylic acids is 1. The Morgan fingerprint density at radius 1 is 1.24 bits per heavy atom. The molecule has 1 aromatic rings. The number of anilines is 1. The van der Waals surface area contributed by atoms with Gasteiger partial charge in [0.1, 0.15) is 0 Å². The molecule has 0 atom stereocenters. The van der Waals surface area contributed by atoms with Gasteiger partial charge in [-0.05, 0) is 49.7 Å². The van der Waals surface area contributed by atoms with Gasteiger partial charge in [0, 0.05) is 18.2 Å². The van der Waals surface area contributed by atoms with Crippen LogP contribution in [-0.4, -0.2) is 11.9 Å². The highest BCUT2D eigenvalue weighted by atomic mass is 35.5. The van der Waals surface area contributed by atoms with Crippen molar-refractivity contribution >= 4 is 24.0 Å². The third kappa shape index (κ3) is 5.58. The van der Waals surface area contributed by atoms with Crippen LogP contribution in [0.25, 0.3) is 0 Å². The summed E-state index contributed by atoms with van der Waals surface area (Å²) >= 11 is 0. The van der Waals surface area contributed by atoms with E-state index in [0.717, 1.165) is 36.4 Å². The predicted molar refractivity (Wildman–Crippen MR) is 90.6 cm³/mol. The molecule has 1 aromatic carbocycles. The number of nitrogens with one attached hydrogen (secondary N) is 1. The van der Waals surface area contributed by atoms with E-state index in [4.69, 9.17) is 5.73 Å². The van der Waals surface area contributed by atoms with Gasteiger partial charge in [0.2, 0.25) is 5.91 Å². The Hall–Kier alpha value is -1.22. The van der Waals surface area contributed by atoms with Gasteiger partial charge in [0.25, 0.3) is 0 Å². The quantitative estimate of drug-likeness (QED) is 0.815. The summed E-state index contributed by atoms with van der Waals surface area (Å²) in [6.45, 7) is 2.26. The van der Waals surface area contributed by atoms with Gasteiger partial charge >= 0.3 is 0 Å². The molecule has 3 nitrogen and oxygen atoms in total. The van der Waals surface area contributed by atoms with Gasteiger partial charge in [-0.15, -0.1) is 12.4 Å². The molecule has 0 unspecified atom stereocenters. The maximum Gasteiger partial charge on any atom is 0.220 e. The molecular weight excluding hydrogens is 284 g/mol. The molecule has 0 heterocycles. The number of hydrogen-bond donors (Lipinski definition) is 2. The fourth-order valence-electron chi connectivity index (χ4n) is 3.02. The first kappa shape index (κ1) is 17.8. The molecule has 0 bridgehead atoms. The van der Waals surface area contributed by atoms with Crippen LogP contribution in [-0.2, 0) is 11.2 Å². The molecule has 1 aliphatic carbocycles. The molecule has 1 aliphatic rings. The molecule has 4 heteroatoms. The molecule has 0 radical (unpaired) electrons. The molecule has 1 fully saturated rings. The molecule has 2 rings (SSSR count). The van der Waals surface area contributed by atoms with Crippen molar-refractivity contribution in [2.75, 3.05) is 5.73 Å². The number of carbonyl (C=O) groups is 1. The second-order valence-electron chi connectivity index (χ2n) is 5.89. The lowest BCUT2D eigenvalue weighted by molar-refractivity contribution is -0.122. The van der Waals surface area contributed by atoms with Crippen LogP contribution in [0.2, 0.25) is 0 Å². The van der Waals surface area contributed by atoms with Gasteiger partial charge in [-0.25, -0.2) is 0 Å². The Labute approximate surface area is 134 Å². The third-order valence-corrected chi connectivity index (χ3v) is 4.47. The van der Waals surface area contributed by atoms with E-state index >= 15 is 0 Å². The normalized spacial score (nSPS) is 21.4. The van der Waals surface area contributed by atoms with Crippen molar-refractivity contribution in [2.45, 2.75) is 57.9 Å². The first-order valence-electron chi connectivity index (χ1n) is 7.81. The van der Waals surface area contributed by atoms with Gasteiger partial charge in [-0.3, -0.25) is 4.79 Å².